The molecule has 0 saturated carbocycles. The molecule has 0 bridgehead atoms. The van der Waals surface area contributed by atoms with Crippen LogP contribution in [0.4, 0.5) is 11.9 Å². The van der Waals surface area contributed by atoms with Crippen molar-refractivity contribution in [2.45, 2.75) is 26.3 Å². The molecule has 1 aromatic heterocycles. The van der Waals surface area contributed by atoms with Crippen molar-refractivity contribution in [1.29, 1.82) is 0 Å². The SMILES string of the molecule is CCCOc1nc(NC)nc(NC(C)CSC)n1. The van der Waals surface area contributed by atoms with E-state index in [2.05, 4.69) is 38.8 Å². The van der Waals surface area contributed by atoms with Crippen LogP contribution in [0.3, 0.4) is 0 Å². The molecule has 0 aliphatic heterocycles. The molecule has 0 fully saturated rings. The highest BCUT2D eigenvalue weighted by atomic mass is 32.2. The summed E-state index contributed by atoms with van der Waals surface area (Å²) >= 11 is 1.78. The van der Waals surface area contributed by atoms with Crippen LogP contribution in [0.25, 0.3) is 0 Å². The summed E-state index contributed by atoms with van der Waals surface area (Å²) in [5.74, 6) is 2.04. The maximum absolute atomic E-state index is 5.43. The van der Waals surface area contributed by atoms with Gasteiger partial charge in [0.15, 0.2) is 0 Å². The van der Waals surface area contributed by atoms with E-state index in [4.69, 9.17) is 4.74 Å². The van der Waals surface area contributed by atoms with Crippen LogP contribution in [-0.4, -0.2) is 46.7 Å². The Morgan fingerprint density at radius 3 is 2.61 bits per heavy atom. The van der Waals surface area contributed by atoms with Crippen molar-refractivity contribution in [3.63, 3.8) is 0 Å². The van der Waals surface area contributed by atoms with Gasteiger partial charge >= 0.3 is 6.01 Å². The molecule has 0 amide bonds. The van der Waals surface area contributed by atoms with Gasteiger partial charge in [-0.2, -0.15) is 26.7 Å². The fourth-order valence-electron chi connectivity index (χ4n) is 1.30. The number of thioether (sulfide) groups is 1. The molecule has 0 radical (unpaired) electrons. The Balaban J connectivity index is 2.76. The van der Waals surface area contributed by atoms with Gasteiger partial charge in [0.2, 0.25) is 11.9 Å². The minimum Gasteiger partial charge on any atom is -0.463 e. The molecule has 7 heteroatoms. The van der Waals surface area contributed by atoms with Gasteiger partial charge in [-0.3, -0.25) is 0 Å². The maximum Gasteiger partial charge on any atom is 0.323 e. The van der Waals surface area contributed by atoms with Gasteiger partial charge in [-0.25, -0.2) is 0 Å². The smallest absolute Gasteiger partial charge is 0.323 e. The van der Waals surface area contributed by atoms with E-state index in [1.807, 2.05) is 6.92 Å². The third kappa shape index (κ3) is 4.95. The summed E-state index contributed by atoms with van der Waals surface area (Å²) in [5, 5.41) is 6.13. The molecule has 1 heterocycles. The predicted molar refractivity (Wildman–Crippen MR) is 76.6 cm³/mol. The highest BCUT2D eigenvalue weighted by Gasteiger charge is 2.09. The molecule has 0 spiro atoms. The van der Waals surface area contributed by atoms with Gasteiger partial charge in [-0.15, -0.1) is 0 Å². The van der Waals surface area contributed by atoms with Gasteiger partial charge < -0.3 is 15.4 Å². The lowest BCUT2D eigenvalue weighted by molar-refractivity contribution is 0.292. The molecule has 1 aromatic rings. The Kier molecular flexibility index (Phi) is 6.56. The lowest BCUT2D eigenvalue weighted by atomic mass is 10.4. The van der Waals surface area contributed by atoms with Crippen molar-refractivity contribution in [3.05, 3.63) is 0 Å². The quantitative estimate of drug-likeness (QED) is 0.747. The van der Waals surface area contributed by atoms with E-state index >= 15 is 0 Å². The van der Waals surface area contributed by atoms with Crippen LogP contribution in [0.2, 0.25) is 0 Å². The standard InChI is InChI=1S/C11H21N5OS/c1-5-6-17-11-15-9(12-3)14-10(16-11)13-8(2)7-18-4/h8H,5-7H2,1-4H3,(H2,12,13,14,15,16). The number of nitrogens with one attached hydrogen (secondary N) is 2. The Hall–Kier alpha value is -1.24. The number of ether oxygens (including phenoxy) is 1. The minimum absolute atomic E-state index is 0.297. The largest absolute Gasteiger partial charge is 0.463 e. The van der Waals surface area contributed by atoms with Gasteiger partial charge in [0, 0.05) is 18.8 Å². The molecule has 0 aliphatic carbocycles. The summed E-state index contributed by atoms with van der Waals surface area (Å²) in [5.41, 5.74) is 0. The van der Waals surface area contributed by atoms with E-state index in [1.54, 1.807) is 18.8 Å². The second kappa shape index (κ2) is 7.97. The molecule has 2 N–H and O–H groups in total. The second-order valence-corrected chi connectivity index (χ2v) is 4.78. The number of hydrogen-bond donors (Lipinski definition) is 2. The van der Waals surface area contributed by atoms with Crippen molar-refractivity contribution in [2.24, 2.45) is 0 Å². The molecular formula is C11H21N5OS. The molecule has 0 aromatic carbocycles. The lowest BCUT2D eigenvalue weighted by Crippen LogP contribution is -2.20. The van der Waals surface area contributed by atoms with Crippen LogP contribution in [0.5, 0.6) is 6.01 Å². The van der Waals surface area contributed by atoms with Crippen molar-refractivity contribution < 1.29 is 4.74 Å². The average molecular weight is 271 g/mol. The first kappa shape index (κ1) is 14.8. The number of anilines is 2. The van der Waals surface area contributed by atoms with Crippen molar-refractivity contribution in [1.82, 2.24) is 15.0 Å². The normalized spacial score (nSPS) is 12.0. The first-order valence-electron chi connectivity index (χ1n) is 6.01. The van der Waals surface area contributed by atoms with Crippen LogP contribution in [-0.2, 0) is 0 Å². The van der Waals surface area contributed by atoms with E-state index < -0.39 is 0 Å². The molecular weight excluding hydrogens is 250 g/mol. The summed E-state index contributed by atoms with van der Waals surface area (Å²) in [6, 6.07) is 0.654. The molecule has 1 unspecified atom stereocenters. The van der Waals surface area contributed by atoms with E-state index in [1.165, 1.54) is 0 Å². The topological polar surface area (TPSA) is 72.0 Å². The first-order valence-corrected chi connectivity index (χ1v) is 7.41. The first-order chi connectivity index (χ1) is 8.69. The van der Waals surface area contributed by atoms with Crippen LogP contribution < -0.4 is 15.4 Å². The molecule has 1 rings (SSSR count). The second-order valence-electron chi connectivity index (χ2n) is 3.86. The zero-order chi connectivity index (χ0) is 13.4. The molecule has 0 saturated heterocycles. The van der Waals surface area contributed by atoms with Gasteiger partial charge in [-0.05, 0) is 19.6 Å². The predicted octanol–water partition coefficient (Wildman–Crippen LogP) is 1.87. The summed E-state index contributed by atoms with van der Waals surface area (Å²) in [6.45, 7) is 4.73. The highest BCUT2D eigenvalue weighted by Crippen LogP contribution is 2.12. The molecule has 18 heavy (non-hydrogen) atoms. The summed E-state index contributed by atoms with van der Waals surface area (Å²) in [4.78, 5) is 12.6. The fraction of sp³-hybridized carbons (Fsp3) is 0.727. The van der Waals surface area contributed by atoms with Gasteiger partial charge in [0.1, 0.15) is 0 Å². The zero-order valence-corrected chi connectivity index (χ0v) is 12.2. The van der Waals surface area contributed by atoms with Gasteiger partial charge in [0.25, 0.3) is 0 Å². The van der Waals surface area contributed by atoms with Crippen LogP contribution in [0, 0.1) is 0 Å². The summed E-state index contributed by atoms with van der Waals surface area (Å²) in [6.07, 6.45) is 2.99. The number of hydrogen-bond acceptors (Lipinski definition) is 7. The number of aromatic nitrogens is 3. The third-order valence-corrected chi connectivity index (χ3v) is 2.90. The molecule has 1 atom stereocenters. The summed E-state index contributed by atoms with van der Waals surface area (Å²) in [7, 11) is 1.77. The van der Waals surface area contributed by atoms with Crippen LogP contribution in [0.1, 0.15) is 20.3 Å². The molecule has 102 valence electrons. The van der Waals surface area contributed by atoms with Gasteiger partial charge in [0.05, 0.1) is 6.61 Å². The Morgan fingerprint density at radius 1 is 1.28 bits per heavy atom. The monoisotopic (exact) mass is 271 g/mol. The van der Waals surface area contributed by atoms with E-state index in [-0.39, 0.29) is 0 Å². The fourth-order valence-corrected chi connectivity index (χ4v) is 1.89. The molecule has 0 aliphatic rings. The van der Waals surface area contributed by atoms with Crippen LogP contribution in [0.15, 0.2) is 0 Å². The average Bonchev–Trinajstić information content (AvgIpc) is 2.36. The van der Waals surface area contributed by atoms with Crippen molar-refractivity contribution in [2.75, 3.05) is 36.3 Å². The number of rotatable bonds is 8. The Morgan fingerprint density at radius 2 is 2.00 bits per heavy atom. The Bertz CT molecular complexity index is 363. The third-order valence-electron chi connectivity index (χ3n) is 2.07. The van der Waals surface area contributed by atoms with Crippen LogP contribution >= 0.6 is 11.8 Å². The minimum atomic E-state index is 0.297. The maximum atomic E-state index is 5.43. The van der Waals surface area contributed by atoms with Gasteiger partial charge in [-0.1, -0.05) is 6.92 Å². The lowest BCUT2D eigenvalue weighted by Gasteiger charge is -2.13. The number of nitrogens with zero attached hydrogens (tertiary/aromatic N) is 3. The summed E-state index contributed by atoms with van der Waals surface area (Å²) < 4.78 is 5.43. The molecule has 6 nitrogen and oxygen atoms in total. The van der Waals surface area contributed by atoms with E-state index in [0.29, 0.717) is 30.6 Å². The van der Waals surface area contributed by atoms with E-state index in [0.717, 1.165) is 12.2 Å². The Labute approximate surface area is 112 Å². The van der Waals surface area contributed by atoms with Crippen molar-refractivity contribution >= 4 is 23.7 Å². The highest BCUT2D eigenvalue weighted by molar-refractivity contribution is 7.98. The van der Waals surface area contributed by atoms with Crippen molar-refractivity contribution in [3.8, 4) is 6.01 Å². The zero-order valence-electron chi connectivity index (χ0n) is 11.4. The van der Waals surface area contributed by atoms with E-state index in [9.17, 15) is 0 Å².